The second kappa shape index (κ2) is 10.5. The Morgan fingerprint density at radius 1 is 1.26 bits per heavy atom. The molecule has 7 N–H and O–H groups in total. The van der Waals surface area contributed by atoms with E-state index in [9.17, 15) is 29.1 Å². The lowest BCUT2D eigenvalue weighted by Crippen LogP contribution is -2.57. The van der Waals surface area contributed by atoms with Crippen LogP contribution in [0.1, 0.15) is 31.9 Å². The van der Waals surface area contributed by atoms with Gasteiger partial charge in [-0.25, -0.2) is 9.78 Å². The zero-order valence-electron chi connectivity index (χ0n) is 16.9. The number of imidazole rings is 1. The summed E-state index contributed by atoms with van der Waals surface area (Å²) in [6.07, 6.45) is 2.84. The predicted molar refractivity (Wildman–Crippen MR) is 104 cm³/mol. The fourth-order valence-electron chi connectivity index (χ4n) is 3.27. The molecule has 1 saturated heterocycles. The third kappa shape index (κ3) is 6.50. The number of carbonyl (C=O) groups is 5. The Kier molecular flexibility index (Phi) is 8.07. The SMILES string of the molecule is CC(N)C(=O)NC(CC(=O)O)C(=O)N1CCCC1C(=O)NC(Cc1cnc[nH]1)C(=O)O. The van der Waals surface area contributed by atoms with Gasteiger partial charge in [0, 0.05) is 24.9 Å². The van der Waals surface area contributed by atoms with Crippen LogP contribution in [0.3, 0.4) is 0 Å². The van der Waals surface area contributed by atoms with Crippen molar-refractivity contribution in [2.75, 3.05) is 6.54 Å². The predicted octanol–water partition coefficient (Wildman–Crippen LogP) is -2.18. The van der Waals surface area contributed by atoms with E-state index < -0.39 is 60.2 Å². The molecule has 13 heteroatoms. The van der Waals surface area contributed by atoms with Crippen molar-refractivity contribution >= 4 is 29.7 Å². The number of hydrogen-bond donors (Lipinski definition) is 6. The zero-order chi connectivity index (χ0) is 23.1. The molecule has 0 radical (unpaired) electrons. The number of carbonyl (C=O) groups excluding carboxylic acids is 3. The maximum atomic E-state index is 12.9. The summed E-state index contributed by atoms with van der Waals surface area (Å²) in [4.78, 5) is 68.0. The molecule has 0 aliphatic carbocycles. The lowest BCUT2D eigenvalue weighted by Gasteiger charge is -2.29. The molecule has 0 saturated carbocycles. The molecule has 13 nitrogen and oxygen atoms in total. The van der Waals surface area contributed by atoms with Crippen molar-refractivity contribution in [3.05, 3.63) is 18.2 Å². The average Bonchev–Trinajstić information content (AvgIpc) is 3.37. The van der Waals surface area contributed by atoms with E-state index in [1.54, 1.807) is 0 Å². The lowest BCUT2D eigenvalue weighted by atomic mass is 10.1. The monoisotopic (exact) mass is 438 g/mol. The minimum atomic E-state index is -1.40. The van der Waals surface area contributed by atoms with Crippen molar-refractivity contribution in [2.24, 2.45) is 5.73 Å². The topological polar surface area (TPSA) is 208 Å². The molecule has 2 rings (SSSR count). The molecule has 1 aromatic heterocycles. The van der Waals surface area contributed by atoms with Crippen LogP contribution < -0.4 is 16.4 Å². The summed E-state index contributed by atoms with van der Waals surface area (Å²) in [5.74, 6) is -4.69. The fraction of sp³-hybridized carbons (Fsp3) is 0.556. The van der Waals surface area contributed by atoms with Gasteiger partial charge in [0.1, 0.15) is 18.1 Å². The van der Waals surface area contributed by atoms with E-state index in [2.05, 4.69) is 20.6 Å². The van der Waals surface area contributed by atoms with E-state index in [-0.39, 0.29) is 19.4 Å². The quantitative estimate of drug-likeness (QED) is 0.234. The number of aromatic nitrogens is 2. The van der Waals surface area contributed by atoms with Crippen LogP contribution in [0, 0.1) is 0 Å². The summed E-state index contributed by atoms with van der Waals surface area (Å²) in [7, 11) is 0. The standard InChI is InChI=1S/C18H26N6O7/c1-9(19)15(27)22-11(6-14(25)26)17(29)24-4-2-3-13(24)16(28)23-12(18(30)31)5-10-7-20-8-21-10/h7-9,11-13H,2-6,19H2,1H3,(H,20,21)(H,22,27)(H,23,28)(H,25,26)(H,30,31). The Labute approximate surface area is 177 Å². The molecule has 1 aromatic rings. The largest absolute Gasteiger partial charge is 0.481 e. The number of hydrogen-bond acceptors (Lipinski definition) is 7. The number of likely N-dealkylation sites (tertiary alicyclic amines) is 1. The minimum Gasteiger partial charge on any atom is -0.481 e. The lowest BCUT2D eigenvalue weighted by molar-refractivity contribution is -0.147. The number of carboxylic acids is 2. The zero-order valence-corrected chi connectivity index (χ0v) is 16.9. The molecule has 0 spiro atoms. The second-order valence-corrected chi connectivity index (χ2v) is 7.32. The number of amides is 3. The molecule has 2 heterocycles. The first-order chi connectivity index (χ1) is 14.6. The molecule has 31 heavy (non-hydrogen) atoms. The van der Waals surface area contributed by atoms with E-state index in [1.165, 1.54) is 24.3 Å². The van der Waals surface area contributed by atoms with Gasteiger partial charge in [0.05, 0.1) is 18.8 Å². The summed E-state index contributed by atoms with van der Waals surface area (Å²) in [5, 5.41) is 23.2. The average molecular weight is 438 g/mol. The number of aromatic amines is 1. The van der Waals surface area contributed by atoms with E-state index in [4.69, 9.17) is 10.8 Å². The molecule has 1 aliphatic heterocycles. The fourth-order valence-corrected chi connectivity index (χ4v) is 3.27. The summed E-state index contributed by atoms with van der Waals surface area (Å²) >= 11 is 0. The van der Waals surface area contributed by atoms with Gasteiger partial charge in [-0.1, -0.05) is 0 Å². The van der Waals surface area contributed by atoms with Crippen LogP contribution >= 0.6 is 0 Å². The van der Waals surface area contributed by atoms with Gasteiger partial charge < -0.3 is 36.5 Å². The highest BCUT2D eigenvalue weighted by Crippen LogP contribution is 2.20. The Balaban J connectivity index is 2.11. The van der Waals surface area contributed by atoms with Gasteiger partial charge in [-0.2, -0.15) is 0 Å². The number of carboxylic acid groups (broad SMARTS) is 2. The Morgan fingerprint density at radius 3 is 2.52 bits per heavy atom. The normalized spacial score (nSPS) is 18.6. The molecule has 0 aromatic carbocycles. The highest BCUT2D eigenvalue weighted by molar-refractivity contribution is 5.96. The van der Waals surface area contributed by atoms with Crippen LogP contribution in [-0.4, -0.2) is 85.5 Å². The first-order valence-electron chi connectivity index (χ1n) is 9.68. The third-order valence-electron chi connectivity index (χ3n) is 4.84. The van der Waals surface area contributed by atoms with E-state index in [0.717, 1.165) is 0 Å². The van der Waals surface area contributed by atoms with E-state index in [1.807, 2.05) is 0 Å². The first-order valence-corrected chi connectivity index (χ1v) is 9.68. The highest BCUT2D eigenvalue weighted by Gasteiger charge is 2.39. The van der Waals surface area contributed by atoms with Crippen molar-refractivity contribution in [3.63, 3.8) is 0 Å². The van der Waals surface area contributed by atoms with Crippen LogP contribution in [-0.2, 0) is 30.4 Å². The van der Waals surface area contributed by atoms with E-state index in [0.29, 0.717) is 12.1 Å². The van der Waals surface area contributed by atoms with Gasteiger partial charge in [0.25, 0.3) is 0 Å². The molecule has 4 atom stereocenters. The summed E-state index contributed by atoms with van der Waals surface area (Å²) in [6, 6.07) is -4.59. The Bertz CT molecular complexity index is 825. The van der Waals surface area contributed by atoms with Crippen LogP contribution in [0.5, 0.6) is 0 Å². The molecule has 1 aliphatic rings. The molecule has 0 bridgehead atoms. The third-order valence-corrected chi connectivity index (χ3v) is 4.84. The molecular weight excluding hydrogens is 412 g/mol. The maximum absolute atomic E-state index is 12.9. The van der Waals surface area contributed by atoms with Crippen molar-refractivity contribution in [1.29, 1.82) is 0 Å². The molecule has 170 valence electrons. The molecule has 1 fully saturated rings. The number of nitrogens with one attached hydrogen (secondary N) is 3. The van der Waals surface area contributed by atoms with Crippen molar-refractivity contribution in [1.82, 2.24) is 25.5 Å². The van der Waals surface area contributed by atoms with Gasteiger partial charge in [0.2, 0.25) is 17.7 Å². The van der Waals surface area contributed by atoms with Crippen LogP contribution in [0.15, 0.2) is 12.5 Å². The number of rotatable bonds is 10. The summed E-state index contributed by atoms with van der Waals surface area (Å²) in [6.45, 7) is 1.55. The molecular formula is C18H26N6O7. The number of nitrogens with zero attached hydrogens (tertiary/aromatic N) is 2. The minimum absolute atomic E-state index is 0.0339. The maximum Gasteiger partial charge on any atom is 0.326 e. The molecule has 3 amide bonds. The van der Waals surface area contributed by atoms with Crippen molar-refractivity contribution < 1.29 is 34.2 Å². The summed E-state index contributed by atoms with van der Waals surface area (Å²) < 4.78 is 0. The van der Waals surface area contributed by atoms with Crippen LogP contribution in [0.25, 0.3) is 0 Å². The van der Waals surface area contributed by atoms with Crippen molar-refractivity contribution in [2.45, 2.75) is 56.8 Å². The van der Waals surface area contributed by atoms with Gasteiger partial charge in [-0.3, -0.25) is 19.2 Å². The first kappa shape index (κ1) is 23.8. The number of nitrogens with two attached hydrogens (primary N) is 1. The van der Waals surface area contributed by atoms with Gasteiger partial charge in [-0.15, -0.1) is 0 Å². The number of H-pyrrole nitrogens is 1. The van der Waals surface area contributed by atoms with Gasteiger partial charge in [-0.05, 0) is 19.8 Å². The molecule has 4 unspecified atom stereocenters. The summed E-state index contributed by atoms with van der Waals surface area (Å²) in [5.41, 5.74) is 5.98. The van der Waals surface area contributed by atoms with Crippen LogP contribution in [0.2, 0.25) is 0 Å². The van der Waals surface area contributed by atoms with Crippen molar-refractivity contribution in [3.8, 4) is 0 Å². The van der Waals surface area contributed by atoms with Gasteiger partial charge >= 0.3 is 11.9 Å². The highest BCUT2D eigenvalue weighted by atomic mass is 16.4. The smallest absolute Gasteiger partial charge is 0.326 e. The second-order valence-electron chi connectivity index (χ2n) is 7.32. The van der Waals surface area contributed by atoms with Gasteiger partial charge in [0.15, 0.2) is 0 Å². The Hall–Kier alpha value is -3.48. The number of aliphatic carboxylic acids is 2. The van der Waals surface area contributed by atoms with Crippen LogP contribution in [0.4, 0.5) is 0 Å². The van der Waals surface area contributed by atoms with E-state index >= 15 is 0 Å². The Morgan fingerprint density at radius 2 is 1.97 bits per heavy atom.